The lowest BCUT2D eigenvalue weighted by Crippen LogP contribution is -2.32. The number of alkyl halides is 3. The second kappa shape index (κ2) is 6.90. The lowest BCUT2D eigenvalue weighted by Gasteiger charge is -2.17. The van der Waals surface area contributed by atoms with Gasteiger partial charge in [0.2, 0.25) is 0 Å². The van der Waals surface area contributed by atoms with Gasteiger partial charge in [0.25, 0.3) is 11.8 Å². The van der Waals surface area contributed by atoms with Crippen LogP contribution in [0.3, 0.4) is 0 Å². The first-order valence-electron chi connectivity index (χ1n) is 7.58. The highest BCUT2D eigenvalue weighted by molar-refractivity contribution is 6.53. The lowest BCUT2D eigenvalue weighted by atomic mass is 10.2. The highest BCUT2D eigenvalue weighted by Gasteiger charge is 2.39. The van der Waals surface area contributed by atoms with E-state index in [1.807, 2.05) is 0 Å². The summed E-state index contributed by atoms with van der Waals surface area (Å²) in [5, 5.41) is 2.54. The maximum Gasteiger partial charge on any atom is 0.416 e. The molecule has 9 heteroatoms. The number of rotatable bonds is 3. The summed E-state index contributed by atoms with van der Waals surface area (Å²) in [4.78, 5) is 26.0. The van der Waals surface area contributed by atoms with Crippen molar-refractivity contribution < 1.29 is 22.8 Å². The molecule has 3 rings (SSSR count). The Morgan fingerprint density at radius 1 is 1.00 bits per heavy atom. The normalized spacial score (nSPS) is 15.0. The van der Waals surface area contributed by atoms with Crippen LogP contribution in [0.4, 0.5) is 24.5 Å². The molecule has 1 aliphatic rings. The van der Waals surface area contributed by atoms with Gasteiger partial charge in [0.05, 0.1) is 11.3 Å². The monoisotopic (exact) mass is 414 g/mol. The molecule has 0 bridgehead atoms. The fourth-order valence-electron chi connectivity index (χ4n) is 2.62. The number of carbonyl (C=O) groups excluding carboxylic acids is 2. The molecule has 0 radical (unpaired) electrons. The Balaban J connectivity index is 1.93. The molecule has 2 aromatic rings. The Bertz CT molecular complexity index is 987. The SMILES string of the molecule is Cc1cc(Cl)ccc1N1C(=O)C(Cl)=C(Nc2cccc(C(F)(F)F)c2)C1=O. The third-order valence-corrected chi connectivity index (χ3v) is 4.47. The van der Waals surface area contributed by atoms with Gasteiger partial charge in [0, 0.05) is 10.7 Å². The van der Waals surface area contributed by atoms with Gasteiger partial charge < -0.3 is 5.32 Å². The molecule has 0 fully saturated rings. The number of anilines is 2. The molecule has 1 aliphatic heterocycles. The molecule has 2 aromatic carbocycles. The fourth-order valence-corrected chi connectivity index (χ4v) is 3.06. The summed E-state index contributed by atoms with van der Waals surface area (Å²) in [6.45, 7) is 1.66. The van der Waals surface area contributed by atoms with E-state index in [4.69, 9.17) is 23.2 Å². The van der Waals surface area contributed by atoms with Crippen molar-refractivity contribution in [2.75, 3.05) is 10.2 Å². The zero-order chi connectivity index (χ0) is 19.9. The standard InChI is InChI=1S/C18H11Cl2F3N2O2/c1-9-7-11(19)5-6-13(9)25-16(26)14(20)15(17(25)27)24-12-4-2-3-10(8-12)18(21,22)23/h2-8,24H,1H3. The van der Waals surface area contributed by atoms with Crippen LogP contribution in [0, 0.1) is 6.92 Å². The van der Waals surface area contributed by atoms with Crippen LogP contribution in [0.1, 0.15) is 11.1 Å². The van der Waals surface area contributed by atoms with Crippen LogP contribution in [-0.2, 0) is 15.8 Å². The average molecular weight is 415 g/mol. The molecule has 0 atom stereocenters. The van der Waals surface area contributed by atoms with Gasteiger partial charge in [-0.25, -0.2) is 4.90 Å². The van der Waals surface area contributed by atoms with Crippen molar-refractivity contribution in [2.24, 2.45) is 0 Å². The molecule has 0 saturated heterocycles. The van der Waals surface area contributed by atoms with E-state index < -0.39 is 28.6 Å². The summed E-state index contributed by atoms with van der Waals surface area (Å²) >= 11 is 11.9. The van der Waals surface area contributed by atoms with E-state index >= 15 is 0 Å². The minimum Gasteiger partial charge on any atom is -0.350 e. The first-order chi connectivity index (χ1) is 12.6. The van der Waals surface area contributed by atoms with Crippen LogP contribution in [0.5, 0.6) is 0 Å². The maximum atomic E-state index is 12.9. The minimum absolute atomic E-state index is 0.0196. The van der Waals surface area contributed by atoms with Gasteiger partial charge in [0.1, 0.15) is 10.7 Å². The van der Waals surface area contributed by atoms with Crippen LogP contribution in [0.15, 0.2) is 53.2 Å². The number of aryl methyl sites for hydroxylation is 1. The maximum absolute atomic E-state index is 12.9. The summed E-state index contributed by atoms with van der Waals surface area (Å²) in [6.07, 6.45) is -4.54. The third-order valence-electron chi connectivity index (χ3n) is 3.89. The smallest absolute Gasteiger partial charge is 0.350 e. The van der Waals surface area contributed by atoms with Crippen LogP contribution >= 0.6 is 23.2 Å². The van der Waals surface area contributed by atoms with Crippen molar-refractivity contribution in [3.05, 3.63) is 69.3 Å². The zero-order valence-electron chi connectivity index (χ0n) is 13.7. The highest BCUT2D eigenvalue weighted by atomic mass is 35.5. The van der Waals surface area contributed by atoms with Gasteiger partial charge in [-0.1, -0.05) is 29.3 Å². The Hall–Kier alpha value is -2.51. The van der Waals surface area contributed by atoms with Crippen LogP contribution in [0.2, 0.25) is 5.02 Å². The summed E-state index contributed by atoms with van der Waals surface area (Å²) in [5.74, 6) is -1.55. The van der Waals surface area contributed by atoms with Crippen molar-refractivity contribution >= 4 is 46.4 Å². The van der Waals surface area contributed by atoms with Gasteiger partial charge in [-0.15, -0.1) is 0 Å². The van der Waals surface area contributed by atoms with Crippen molar-refractivity contribution in [1.82, 2.24) is 0 Å². The number of carbonyl (C=O) groups is 2. The Morgan fingerprint density at radius 3 is 2.33 bits per heavy atom. The quantitative estimate of drug-likeness (QED) is 0.710. The van der Waals surface area contributed by atoms with Crippen LogP contribution in [-0.4, -0.2) is 11.8 Å². The van der Waals surface area contributed by atoms with E-state index in [-0.39, 0.29) is 17.1 Å². The van der Waals surface area contributed by atoms with Crippen molar-refractivity contribution in [1.29, 1.82) is 0 Å². The predicted octanol–water partition coefficient (Wildman–Crippen LogP) is 5.10. The van der Waals surface area contributed by atoms with E-state index in [9.17, 15) is 22.8 Å². The molecule has 0 unspecified atom stereocenters. The number of hydrogen-bond acceptors (Lipinski definition) is 3. The largest absolute Gasteiger partial charge is 0.416 e. The molecule has 2 amide bonds. The van der Waals surface area contributed by atoms with Crippen molar-refractivity contribution in [2.45, 2.75) is 13.1 Å². The van der Waals surface area contributed by atoms with Crippen LogP contribution in [0.25, 0.3) is 0 Å². The molecule has 4 nitrogen and oxygen atoms in total. The fraction of sp³-hybridized carbons (Fsp3) is 0.111. The topological polar surface area (TPSA) is 49.4 Å². The molecule has 0 saturated carbocycles. The number of benzene rings is 2. The van der Waals surface area contributed by atoms with Gasteiger partial charge in [0.15, 0.2) is 0 Å². The number of nitrogens with one attached hydrogen (secondary N) is 1. The van der Waals surface area contributed by atoms with E-state index in [2.05, 4.69) is 5.32 Å². The molecule has 1 N–H and O–H groups in total. The Kier molecular flexibility index (Phi) is 4.92. The second-order valence-corrected chi connectivity index (χ2v) is 6.58. The first-order valence-corrected chi connectivity index (χ1v) is 8.34. The number of hydrogen-bond donors (Lipinski definition) is 1. The second-order valence-electron chi connectivity index (χ2n) is 5.77. The van der Waals surface area contributed by atoms with Gasteiger partial charge in [-0.3, -0.25) is 9.59 Å². The minimum atomic E-state index is -4.54. The number of halogens is 5. The summed E-state index contributed by atoms with van der Waals surface area (Å²) in [6, 6.07) is 8.81. The molecule has 140 valence electrons. The zero-order valence-corrected chi connectivity index (χ0v) is 15.2. The molecular formula is C18H11Cl2F3N2O2. The van der Waals surface area contributed by atoms with Gasteiger partial charge >= 0.3 is 6.18 Å². The molecule has 0 aromatic heterocycles. The van der Waals surface area contributed by atoms with E-state index in [0.29, 0.717) is 10.6 Å². The first kappa shape index (κ1) is 19.3. The summed E-state index contributed by atoms with van der Waals surface area (Å²) in [5.41, 5.74) is -0.363. The van der Waals surface area contributed by atoms with Crippen LogP contribution < -0.4 is 10.2 Å². The molecular weight excluding hydrogens is 404 g/mol. The lowest BCUT2D eigenvalue weighted by molar-refractivity contribution is -0.137. The number of imide groups is 1. The highest BCUT2D eigenvalue weighted by Crippen LogP contribution is 2.34. The van der Waals surface area contributed by atoms with Crippen molar-refractivity contribution in [3.63, 3.8) is 0 Å². The number of nitrogens with zero attached hydrogens (tertiary/aromatic N) is 1. The summed E-state index contributed by atoms with van der Waals surface area (Å²) in [7, 11) is 0. The van der Waals surface area contributed by atoms with E-state index in [1.165, 1.54) is 24.3 Å². The molecule has 27 heavy (non-hydrogen) atoms. The molecule has 1 heterocycles. The third kappa shape index (κ3) is 3.65. The summed E-state index contributed by atoms with van der Waals surface area (Å²) < 4.78 is 38.6. The van der Waals surface area contributed by atoms with Crippen molar-refractivity contribution in [3.8, 4) is 0 Å². The number of amides is 2. The van der Waals surface area contributed by atoms with Gasteiger partial charge in [-0.2, -0.15) is 13.2 Å². The molecule has 0 aliphatic carbocycles. The van der Waals surface area contributed by atoms with E-state index in [1.54, 1.807) is 13.0 Å². The average Bonchev–Trinajstić information content (AvgIpc) is 2.79. The predicted molar refractivity (Wildman–Crippen MR) is 96.6 cm³/mol. The molecule has 0 spiro atoms. The Morgan fingerprint density at radius 2 is 1.70 bits per heavy atom. The van der Waals surface area contributed by atoms with E-state index in [0.717, 1.165) is 17.0 Å². The van der Waals surface area contributed by atoms with Gasteiger partial charge in [-0.05, 0) is 48.9 Å². The Labute approximate surface area is 162 Å².